The summed E-state index contributed by atoms with van der Waals surface area (Å²) in [5.41, 5.74) is 8.43. The van der Waals surface area contributed by atoms with Gasteiger partial charge in [-0.2, -0.15) is 0 Å². The second-order valence-corrected chi connectivity index (χ2v) is 4.69. The highest BCUT2D eigenvalue weighted by Gasteiger charge is 2.22. The molecule has 4 heteroatoms. The number of hydrogen-bond donors (Lipinski definition) is 1. The molecule has 0 aliphatic rings. The second kappa shape index (κ2) is 5.57. The maximum Gasteiger partial charge on any atom is 0.320 e. The minimum absolute atomic E-state index is 0.612. The summed E-state index contributed by atoms with van der Waals surface area (Å²) >= 11 is 0. The van der Waals surface area contributed by atoms with Crippen molar-refractivity contribution in [2.45, 2.75) is 13.8 Å². The molecule has 0 saturated heterocycles. The van der Waals surface area contributed by atoms with Gasteiger partial charge in [-0.05, 0) is 49.2 Å². The highest BCUT2D eigenvalue weighted by molar-refractivity contribution is 6.41. The monoisotopic (exact) mass is 268 g/mol. The van der Waals surface area contributed by atoms with Gasteiger partial charge in [-0.1, -0.05) is 24.3 Å². The van der Waals surface area contributed by atoms with Crippen LogP contribution in [0.5, 0.6) is 0 Å². The Balaban J connectivity index is 2.57. The summed E-state index contributed by atoms with van der Waals surface area (Å²) in [7, 11) is 0. The molecule has 20 heavy (non-hydrogen) atoms. The number of carbonyl (C=O) groups is 2. The zero-order valence-corrected chi connectivity index (χ0v) is 11.5. The lowest BCUT2D eigenvalue weighted by Gasteiger charge is -2.22. The van der Waals surface area contributed by atoms with Crippen LogP contribution in [0, 0.1) is 13.8 Å². The lowest BCUT2D eigenvalue weighted by Crippen LogP contribution is -2.37. The van der Waals surface area contributed by atoms with E-state index >= 15 is 0 Å². The van der Waals surface area contributed by atoms with Gasteiger partial charge in [0.05, 0.1) is 0 Å². The first-order valence-electron chi connectivity index (χ1n) is 6.26. The maximum atomic E-state index is 12.1. The molecule has 0 bridgehead atoms. The van der Waals surface area contributed by atoms with Crippen LogP contribution in [-0.4, -0.2) is 11.8 Å². The highest BCUT2D eigenvalue weighted by Crippen LogP contribution is 2.27. The Hall–Kier alpha value is -2.62. The summed E-state index contributed by atoms with van der Waals surface area (Å²) in [6.45, 7) is 3.88. The van der Waals surface area contributed by atoms with Crippen molar-refractivity contribution < 1.29 is 9.59 Å². The number of primary amides is 1. The maximum absolute atomic E-state index is 12.1. The van der Waals surface area contributed by atoms with E-state index in [9.17, 15) is 9.59 Å². The number of nitrogens with zero attached hydrogens (tertiary/aromatic N) is 1. The molecule has 0 radical (unpaired) electrons. The third-order valence-corrected chi connectivity index (χ3v) is 2.89. The lowest BCUT2D eigenvalue weighted by molar-refractivity contribution is -0.135. The van der Waals surface area contributed by atoms with Gasteiger partial charge in [0.1, 0.15) is 0 Å². The number of carbonyl (C=O) groups excluding carboxylic acids is 2. The molecular weight excluding hydrogens is 252 g/mol. The minimum Gasteiger partial charge on any atom is -0.361 e. The summed E-state index contributed by atoms with van der Waals surface area (Å²) in [5.74, 6) is -1.73. The van der Waals surface area contributed by atoms with Gasteiger partial charge in [-0.25, -0.2) is 0 Å². The fraction of sp³-hybridized carbons (Fsp3) is 0.125. The van der Waals surface area contributed by atoms with E-state index in [-0.39, 0.29) is 0 Å². The molecule has 2 amide bonds. The Kier molecular flexibility index (Phi) is 3.84. The van der Waals surface area contributed by atoms with Crippen molar-refractivity contribution in [3.8, 4) is 0 Å². The molecule has 0 aliphatic carbocycles. The molecule has 0 spiro atoms. The van der Waals surface area contributed by atoms with Crippen LogP contribution in [0.1, 0.15) is 11.1 Å². The SMILES string of the molecule is Cc1cc(C)cc(N(C(=O)C(N)=O)c2ccccc2)c1. The van der Waals surface area contributed by atoms with Crippen LogP contribution < -0.4 is 10.6 Å². The summed E-state index contributed by atoms with van der Waals surface area (Å²) in [4.78, 5) is 24.7. The standard InChI is InChI=1S/C16H16N2O2/c1-11-8-12(2)10-14(9-11)18(16(20)15(17)19)13-6-4-3-5-7-13/h3-10H,1-2H3,(H2,17,19). The van der Waals surface area contributed by atoms with Gasteiger partial charge in [0.15, 0.2) is 0 Å². The summed E-state index contributed by atoms with van der Waals surface area (Å²) < 4.78 is 0. The van der Waals surface area contributed by atoms with E-state index in [4.69, 9.17) is 5.73 Å². The quantitative estimate of drug-likeness (QED) is 0.850. The van der Waals surface area contributed by atoms with Gasteiger partial charge in [0.25, 0.3) is 0 Å². The summed E-state index contributed by atoms with van der Waals surface area (Å²) in [6.07, 6.45) is 0. The number of hydrogen-bond acceptors (Lipinski definition) is 2. The molecule has 0 atom stereocenters. The van der Waals surface area contributed by atoms with Crippen molar-refractivity contribution in [1.82, 2.24) is 0 Å². The minimum atomic E-state index is -0.979. The molecule has 0 saturated carbocycles. The van der Waals surface area contributed by atoms with Crippen LogP contribution in [0.3, 0.4) is 0 Å². The van der Waals surface area contributed by atoms with Crippen LogP contribution in [0.25, 0.3) is 0 Å². The van der Waals surface area contributed by atoms with Crippen molar-refractivity contribution in [1.29, 1.82) is 0 Å². The van der Waals surface area contributed by atoms with E-state index in [0.717, 1.165) is 11.1 Å². The third kappa shape index (κ3) is 2.85. The van der Waals surface area contributed by atoms with Crippen LogP contribution in [0.15, 0.2) is 48.5 Å². The van der Waals surface area contributed by atoms with Gasteiger partial charge in [-0.15, -0.1) is 0 Å². The number of amides is 2. The predicted molar refractivity (Wildman–Crippen MR) is 78.7 cm³/mol. The average Bonchev–Trinajstić information content (AvgIpc) is 2.39. The summed E-state index contributed by atoms with van der Waals surface area (Å²) in [5, 5.41) is 0. The van der Waals surface area contributed by atoms with Crippen molar-refractivity contribution in [3.63, 3.8) is 0 Å². The van der Waals surface area contributed by atoms with E-state index in [0.29, 0.717) is 11.4 Å². The molecule has 102 valence electrons. The number of rotatable bonds is 2. The average molecular weight is 268 g/mol. The highest BCUT2D eigenvalue weighted by atomic mass is 16.2. The zero-order chi connectivity index (χ0) is 14.7. The van der Waals surface area contributed by atoms with E-state index in [1.807, 2.05) is 38.1 Å². The first-order valence-corrected chi connectivity index (χ1v) is 6.26. The van der Waals surface area contributed by atoms with Gasteiger partial charge in [0.2, 0.25) is 0 Å². The van der Waals surface area contributed by atoms with E-state index < -0.39 is 11.8 Å². The second-order valence-electron chi connectivity index (χ2n) is 4.69. The Morgan fingerprint density at radius 1 is 0.900 bits per heavy atom. The van der Waals surface area contributed by atoms with Crippen LogP contribution >= 0.6 is 0 Å². The largest absolute Gasteiger partial charge is 0.361 e. The number of anilines is 2. The molecule has 0 heterocycles. The first-order chi connectivity index (χ1) is 9.49. The smallest absolute Gasteiger partial charge is 0.320 e. The molecule has 4 nitrogen and oxygen atoms in total. The molecule has 2 aromatic carbocycles. The fourth-order valence-electron chi connectivity index (χ4n) is 2.15. The van der Waals surface area contributed by atoms with Gasteiger partial charge in [0, 0.05) is 11.4 Å². The van der Waals surface area contributed by atoms with Crippen LogP contribution in [0.2, 0.25) is 0 Å². The number of aryl methyl sites for hydroxylation is 2. The zero-order valence-electron chi connectivity index (χ0n) is 11.5. The van der Waals surface area contributed by atoms with Gasteiger partial charge < -0.3 is 5.73 Å². The van der Waals surface area contributed by atoms with E-state index in [1.165, 1.54) is 4.90 Å². The Labute approximate surface area is 117 Å². The molecule has 0 aliphatic heterocycles. The lowest BCUT2D eigenvalue weighted by atomic mass is 10.1. The Bertz CT molecular complexity index is 631. The van der Waals surface area contributed by atoms with Gasteiger partial charge in [-0.3, -0.25) is 14.5 Å². The first kappa shape index (κ1) is 13.8. The normalized spacial score (nSPS) is 10.1. The Morgan fingerprint density at radius 3 is 1.95 bits per heavy atom. The van der Waals surface area contributed by atoms with E-state index in [2.05, 4.69) is 0 Å². The fourth-order valence-corrected chi connectivity index (χ4v) is 2.15. The van der Waals surface area contributed by atoms with Crippen LogP contribution in [-0.2, 0) is 9.59 Å². The molecule has 2 N–H and O–H groups in total. The van der Waals surface area contributed by atoms with E-state index in [1.54, 1.807) is 24.3 Å². The summed E-state index contributed by atoms with van der Waals surface area (Å²) in [6, 6.07) is 14.7. The Morgan fingerprint density at radius 2 is 1.45 bits per heavy atom. The van der Waals surface area contributed by atoms with Crippen LogP contribution in [0.4, 0.5) is 11.4 Å². The number of benzene rings is 2. The molecule has 0 aromatic heterocycles. The predicted octanol–water partition coefficient (Wildman–Crippen LogP) is 2.45. The van der Waals surface area contributed by atoms with Crippen molar-refractivity contribution in [2.24, 2.45) is 5.73 Å². The molecule has 2 aromatic rings. The molecular formula is C16H16N2O2. The molecule has 0 fully saturated rings. The third-order valence-electron chi connectivity index (χ3n) is 2.89. The van der Waals surface area contributed by atoms with Crippen molar-refractivity contribution >= 4 is 23.2 Å². The number of para-hydroxylation sites is 1. The molecule has 0 unspecified atom stereocenters. The topological polar surface area (TPSA) is 63.4 Å². The van der Waals surface area contributed by atoms with Gasteiger partial charge >= 0.3 is 11.8 Å². The van der Waals surface area contributed by atoms with Crippen molar-refractivity contribution in [2.75, 3.05) is 4.90 Å². The van der Waals surface area contributed by atoms with Crippen molar-refractivity contribution in [3.05, 3.63) is 59.7 Å². The number of nitrogens with two attached hydrogens (primary N) is 1. The molecule has 2 rings (SSSR count).